The van der Waals surface area contributed by atoms with Crippen LogP contribution in [0.2, 0.25) is 0 Å². The minimum atomic E-state index is -0.275. The van der Waals surface area contributed by atoms with E-state index in [1.165, 1.54) is 6.92 Å². The van der Waals surface area contributed by atoms with E-state index in [2.05, 4.69) is 6.92 Å². The molecule has 1 unspecified atom stereocenters. The van der Waals surface area contributed by atoms with Gasteiger partial charge in [-0.05, 0) is 12.8 Å². The number of aldehydes is 1. The standard InChI is InChI=1S/C11H20O3/c1-3-4-5-6-11(9-12)7-8-14-10(2)13/h9,11H,3-8H2,1-2H3. The Labute approximate surface area is 85.8 Å². The first-order valence-corrected chi connectivity index (χ1v) is 5.29. The van der Waals surface area contributed by atoms with Crippen LogP contribution in [-0.2, 0) is 14.3 Å². The number of hydrogen-bond acceptors (Lipinski definition) is 3. The summed E-state index contributed by atoms with van der Waals surface area (Å²) in [5.41, 5.74) is 0. The van der Waals surface area contributed by atoms with Crippen molar-refractivity contribution in [3.8, 4) is 0 Å². The number of ether oxygens (including phenoxy) is 1. The molecule has 0 fully saturated rings. The SMILES string of the molecule is CCCCCC(C=O)CCOC(C)=O. The Bertz CT molecular complexity index is 166. The first kappa shape index (κ1) is 13.1. The average molecular weight is 200 g/mol. The fraction of sp³-hybridized carbons (Fsp3) is 0.818. The number of carbonyl (C=O) groups is 2. The van der Waals surface area contributed by atoms with Crippen LogP contribution >= 0.6 is 0 Å². The highest BCUT2D eigenvalue weighted by Gasteiger charge is 2.07. The lowest BCUT2D eigenvalue weighted by molar-refractivity contribution is -0.141. The van der Waals surface area contributed by atoms with E-state index in [1.54, 1.807) is 0 Å². The Morgan fingerprint density at radius 1 is 1.36 bits per heavy atom. The summed E-state index contributed by atoms with van der Waals surface area (Å²) in [7, 11) is 0. The van der Waals surface area contributed by atoms with Crippen molar-refractivity contribution in [2.24, 2.45) is 5.92 Å². The molecule has 0 aromatic heterocycles. The molecule has 0 N–H and O–H groups in total. The molecule has 0 amide bonds. The lowest BCUT2D eigenvalue weighted by Crippen LogP contribution is -2.09. The molecule has 0 saturated carbocycles. The monoisotopic (exact) mass is 200 g/mol. The zero-order valence-electron chi connectivity index (χ0n) is 9.12. The predicted molar refractivity (Wildman–Crippen MR) is 54.9 cm³/mol. The second-order valence-electron chi connectivity index (χ2n) is 3.52. The topological polar surface area (TPSA) is 43.4 Å². The molecule has 0 aromatic rings. The van der Waals surface area contributed by atoms with Crippen molar-refractivity contribution in [1.82, 2.24) is 0 Å². The van der Waals surface area contributed by atoms with E-state index < -0.39 is 0 Å². The van der Waals surface area contributed by atoms with E-state index >= 15 is 0 Å². The summed E-state index contributed by atoms with van der Waals surface area (Å²) in [5.74, 6) is -0.218. The van der Waals surface area contributed by atoms with Crippen LogP contribution in [0.25, 0.3) is 0 Å². The fourth-order valence-corrected chi connectivity index (χ4v) is 1.29. The minimum absolute atomic E-state index is 0.0564. The molecule has 3 heteroatoms. The number of rotatable bonds is 8. The zero-order valence-corrected chi connectivity index (χ0v) is 9.12. The van der Waals surface area contributed by atoms with Crippen LogP contribution in [0.4, 0.5) is 0 Å². The van der Waals surface area contributed by atoms with E-state index in [0.29, 0.717) is 13.0 Å². The van der Waals surface area contributed by atoms with Crippen LogP contribution in [0.5, 0.6) is 0 Å². The Hall–Kier alpha value is -0.860. The molecule has 1 atom stereocenters. The number of esters is 1. The maximum Gasteiger partial charge on any atom is 0.302 e. The Morgan fingerprint density at radius 2 is 2.07 bits per heavy atom. The lowest BCUT2D eigenvalue weighted by Gasteiger charge is -2.09. The van der Waals surface area contributed by atoms with Gasteiger partial charge >= 0.3 is 5.97 Å². The van der Waals surface area contributed by atoms with Gasteiger partial charge < -0.3 is 9.53 Å². The molecular formula is C11H20O3. The molecule has 0 aliphatic carbocycles. The van der Waals surface area contributed by atoms with Crippen LogP contribution in [0, 0.1) is 5.92 Å². The maximum absolute atomic E-state index is 10.6. The molecule has 0 aromatic carbocycles. The molecule has 0 spiro atoms. The largest absolute Gasteiger partial charge is 0.466 e. The van der Waals surface area contributed by atoms with Crippen molar-refractivity contribution in [3.63, 3.8) is 0 Å². The van der Waals surface area contributed by atoms with Gasteiger partial charge in [-0.15, -0.1) is 0 Å². The Kier molecular flexibility index (Phi) is 8.19. The van der Waals surface area contributed by atoms with Gasteiger partial charge in [0.2, 0.25) is 0 Å². The van der Waals surface area contributed by atoms with Gasteiger partial charge in [-0.25, -0.2) is 0 Å². The minimum Gasteiger partial charge on any atom is -0.466 e. The van der Waals surface area contributed by atoms with Crippen LogP contribution in [-0.4, -0.2) is 18.9 Å². The van der Waals surface area contributed by atoms with Crippen molar-refractivity contribution >= 4 is 12.3 Å². The molecule has 0 radical (unpaired) electrons. The summed E-state index contributed by atoms with van der Waals surface area (Å²) in [5, 5.41) is 0. The smallest absolute Gasteiger partial charge is 0.302 e. The molecule has 0 aliphatic heterocycles. The average Bonchev–Trinajstić information content (AvgIpc) is 2.15. The van der Waals surface area contributed by atoms with Crippen LogP contribution in [0.1, 0.15) is 46.0 Å². The molecule has 0 bridgehead atoms. The zero-order chi connectivity index (χ0) is 10.8. The van der Waals surface area contributed by atoms with Crippen LogP contribution in [0.3, 0.4) is 0 Å². The quantitative estimate of drug-likeness (QED) is 0.343. The molecule has 82 valence electrons. The summed E-state index contributed by atoms with van der Waals surface area (Å²) >= 11 is 0. The third-order valence-corrected chi connectivity index (χ3v) is 2.16. The molecule has 14 heavy (non-hydrogen) atoms. The molecule has 0 aliphatic rings. The fourth-order valence-electron chi connectivity index (χ4n) is 1.29. The molecule has 0 heterocycles. The van der Waals surface area contributed by atoms with Crippen molar-refractivity contribution in [3.05, 3.63) is 0 Å². The number of carbonyl (C=O) groups excluding carboxylic acids is 2. The van der Waals surface area contributed by atoms with Gasteiger partial charge in [-0.2, -0.15) is 0 Å². The summed E-state index contributed by atoms with van der Waals surface area (Å²) in [6, 6.07) is 0. The first-order chi connectivity index (χ1) is 6.70. The summed E-state index contributed by atoms with van der Waals surface area (Å²) < 4.78 is 4.78. The van der Waals surface area contributed by atoms with Crippen molar-refractivity contribution in [2.75, 3.05) is 6.61 Å². The third-order valence-electron chi connectivity index (χ3n) is 2.16. The number of hydrogen-bond donors (Lipinski definition) is 0. The second-order valence-corrected chi connectivity index (χ2v) is 3.52. The number of unbranched alkanes of at least 4 members (excludes halogenated alkanes) is 2. The van der Waals surface area contributed by atoms with E-state index in [4.69, 9.17) is 4.74 Å². The van der Waals surface area contributed by atoms with Gasteiger partial charge in [0, 0.05) is 12.8 Å². The highest BCUT2D eigenvalue weighted by molar-refractivity contribution is 5.65. The predicted octanol–water partition coefficient (Wildman–Crippen LogP) is 2.33. The van der Waals surface area contributed by atoms with Crippen LogP contribution < -0.4 is 0 Å². The summed E-state index contributed by atoms with van der Waals surface area (Å²) in [4.78, 5) is 21.1. The maximum atomic E-state index is 10.6. The van der Waals surface area contributed by atoms with E-state index in [9.17, 15) is 9.59 Å². The van der Waals surface area contributed by atoms with E-state index in [0.717, 1.165) is 32.0 Å². The van der Waals surface area contributed by atoms with Crippen molar-refractivity contribution in [1.29, 1.82) is 0 Å². The van der Waals surface area contributed by atoms with E-state index in [1.807, 2.05) is 0 Å². The van der Waals surface area contributed by atoms with Gasteiger partial charge in [-0.3, -0.25) is 4.79 Å². The third kappa shape index (κ3) is 7.77. The summed E-state index contributed by atoms with van der Waals surface area (Å²) in [6.07, 6.45) is 5.96. The second kappa shape index (κ2) is 8.73. The van der Waals surface area contributed by atoms with Gasteiger partial charge in [-0.1, -0.05) is 26.2 Å². The van der Waals surface area contributed by atoms with Crippen molar-refractivity contribution in [2.45, 2.75) is 46.0 Å². The van der Waals surface area contributed by atoms with E-state index in [-0.39, 0.29) is 11.9 Å². The highest BCUT2D eigenvalue weighted by atomic mass is 16.5. The van der Waals surface area contributed by atoms with Gasteiger partial charge in [0.1, 0.15) is 6.29 Å². The molecule has 0 rings (SSSR count). The van der Waals surface area contributed by atoms with Gasteiger partial charge in [0.05, 0.1) is 6.61 Å². The molecule has 3 nitrogen and oxygen atoms in total. The molecular weight excluding hydrogens is 180 g/mol. The van der Waals surface area contributed by atoms with Gasteiger partial charge in [0.15, 0.2) is 0 Å². The molecule has 0 saturated heterocycles. The van der Waals surface area contributed by atoms with Crippen LogP contribution in [0.15, 0.2) is 0 Å². The first-order valence-electron chi connectivity index (χ1n) is 5.29. The normalized spacial score (nSPS) is 12.1. The van der Waals surface area contributed by atoms with Gasteiger partial charge in [0.25, 0.3) is 0 Å². The highest BCUT2D eigenvalue weighted by Crippen LogP contribution is 2.11. The van der Waals surface area contributed by atoms with Crippen molar-refractivity contribution < 1.29 is 14.3 Å². The lowest BCUT2D eigenvalue weighted by atomic mass is 10.00. The Morgan fingerprint density at radius 3 is 2.57 bits per heavy atom. The summed E-state index contributed by atoms with van der Waals surface area (Å²) in [6.45, 7) is 3.88. The Balaban J connectivity index is 3.47.